The summed E-state index contributed by atoms with van der Waals surface area (Å²) in [5, 5.41) is 8.89. The summed E-state index contributed by atoms with van der Waals surface area (Å²) in [5.41, 5.74) is 9.29. The van der Waals surface area contributed by atoms with Gasteiger partial charge in [0.25, 0.3) is 0 Å². The van der Waals surface area contributed by atoms with Crippen molar-refractivity contribution in [1.82, 2.24) is 5.48 Å². The third-order valence-electron chi connectivity index (χ3n) is 5.59. The Morgan fingerprint density at radius 2 is 1.64 bits per heavy atom. The fraction of sp³-hybridized carbons (Fsp3) is 0.179. The average molecular weight is 442 g/mol. The largest absolute Gasteiger partial charge is 0.482 e. The van der Waals surface area contributed by atoms with Gasteiger partial charge in [0, 0.05) is 0 Å². The number of allylic oxidation sites excluding steroid dienone is 2. The van der Waals surface area contributed by atoms with Gasteiger partial charge >= 0.3 is 5.97 Å². The van der Waals surface area contributed by atoms with Crippen LogP contribution in [-0.4, -0.2) is 17.7 Å². The monoisotopic (exact) mass is 441 g/mol. The van der Waals surface area contributed by atoms with E-state index in [4.69, 9.17) is 14.7 Å². The van der Waals surface area contributed by atoms with E-state index in [-0.39, 0.29) is 12.7 Å². The molecule has 5 heteroatoms. The summed E-state index contributed by atoms with van der Waals surface area (Å²) in [7, 11) is 0. The first-order valence-corrected chi connectivity index (χ1v) is 11.0. The third-order valence-corrected chi connectivity index (χ3v) is 5.59. The number of benzene rings is 3. The minimum atomic E-state index is -0.976. The molecule has 3 aromatic rings. The fourth-order valence-corrected chi connectivity index (χ4v) is 4.07. The van der Waals surface area contributed by atoms with Gasteiger partial charge in [-0.2, -0.15) is 0 Å². The first kappa shape index (κ1) is 22.4. The summed E-state index contributed by atoms with van der Waals surface area (Å²) in [4.78, 5) is 16.9. The number of ether oxygens (including phenoxy) is 1. The van der Waals surface area contributed by atoms with E-state index in [0.29, 0.717) is 11.4 Å². The van der Waals surface area contributed by atoms with Crippen LogP contribution in [0.2, 0.25) is 0 Å². The van der Waals surface area contributed by atoms with E-state index in [2.05, 4.69) is 18.1 Å². The lowest BCUT2D eigenvalue weighted by Crippen LogP contribution is -2.19. The highest BCUT2D eigenvalue weighted by molar-refractivity contribution is 5.68. The van der Waals surface area contributed by atoms with Crippen LogP contribution in [0.4, 0.5) is 0 Å². The van der Waals surface area contributed by atoms with Crippen molar-refractivity contribution in [2.24, 2.45) is 0 Å². The number of hydrogen-bond acceptors (Lipinski definition) is 4. The van der Waals surface area contributed by atoms with Crippen LogP contribution in [0.15, 0.2) is 103 Å². The second kappa shape index (κ2) is 10.7. The van der Waals surface area contributed by atoms with Gasteiger partial charge in [0.15, 0.2) is 6.61 Å². The minimum Gasteiger partial charge on any atom is -0.482 e. The van der Waals surface area contributed by atoms with Gasteiger partial charge in [-0.25, -0.2) is 4.79 Å². The second-order valence-corrected chi connectivity index (χ2v) is 8.00. The van der Waals surface area contributed by atoms with Crippen LogP contribution < -0.4 is 10.2 Å². The molecule has 4 rings (SSSR count). The molecule has 0 saturated heterocycles. The Balaban J connectivity index is 1.43. The van der Waals surface area contributed by atoms with Gasteiger partial charge in [0.2, 0.25) is 0 Å². The molecular weight excluding hydrogens is 414 g/mol. The first-order chi connectivity index (χ1) is 16.1. The van der Waals surface area contributed by atoms with Gasteiger partial charge in [0.05, 0.1) is 5.70 Å². The highest BCUT2D eigenvalue weighted by atomic mass is 16.7. The van der Waals surface area contributed by atoms with Crippen LogP contribution >= 0.6 is 0 Å². The van der Waals surface area contributed by atoms with E-state index in [1.165, 1.54) is 5.57 Å². The number of hydrogen-bond donors (Lipinski definition) is 2. The molecule has 0 spiro atoms. The standard InChI is InChI=1S/C28H27NO4/c1-20(29-33-28(22-9-4-2-5-10-22)23-11-6-3-7-12-23)17-21-15-16-25-24(18-21)13-8-14-26(25)32-19-27(30)31/h2-14,17,28-29H,1,15-16,18-19H2,(H,30,31). The van der Waals surface area contributed by atoms with Crippen LogP contribution in [0.3, 0.4) is 0 Å². The van der Waals surface area contributed by atoms with Crippen molar-refractivity contribution >= 4 is 5.97 Å². The number of rotatable bonds is 9. The lowest BCUT2D eigenvalue weighted by molar-refractivity contribution is -0.139. The Morgan fingerprint density at radius 3 is 2.27 bits per heavy atom. The predicted octanol–water partition coefficient (Wildman–Crippen LogP) is 5.39. The number of carbonyl (C=O) groups is 1. The van der Waals surface area contributed by atoms with Crippen molar-refractivity contribution in [3.63, 3.8) is 0 Å². The zero-order valence-electron chi connectivity index (χ0n) is 18.4. The maximum atomic E-state index is 10.8. The number of nitrogens with one attached hydrogen (secondary N) is 1. The molecule has 1 aliphatic rings. The molecule has 168 valence electrons. The molecule has 0 radical (unpaired) electrons. The number of fused-ring (bicyclic) bond motifs is 1. The highest BCUT2D eigenvalue weighted by Crippen LogP contribution is 2.32. The molecular formula is C28H27NO4. The molecule has 5 nitrogen and oxygen atoms in total. The molecule has 2 N–H and O–H groups in total. The first-order valence-electron chi connectivity index (χ1n) is 11.0. The van der Waals surface area contributed by atoms with Gasteiger partial charge in [-0.05, 0) is 53.7 Å². The van der Waals surface area contributed by atoms with Crippen LogP contribution in [0.5, 0.6) is 5.75 Å². The molecule has 0 unspecified atom stereocenters. The Hall–Kier alpha value is -3.83. The third kappa shape index (κ3) is 5.90. The van der Waals surface area contributed by atoms with Crippen molar-refractivity contribution in [3.8, 4) is 5.75 Å². The summed E-state index contributed by atoms with van der Waals surface area (Å²) in [5.74, 6) is -0.321. The number of carboxylic acids is 1. The van der Waals surface area contributed by atoms with E-state index in [1.54, 1.807) is 0 Å². The minimum absolute atomic E-state index is 0.261. The van der Waals surface area contributed by atoms with Gasteiger partial charge < -0.3 is 9.84 Å². The SMILES string of the molecule is C=C(C=C1CCc2c(cccc2OCC(=O)O)C1)NOC(c1ccccc1)c1ccccc1. The Bertz CT molecular complexity index is 1100. The Morgan fingerprint density at radius 1 is 0.970 bits per heavy atom. The molecule has 0 aliphatic heterocycles. The molecule has 0 amide bonds. The predicted molar refractivity (Wildman–Crippen MR) is 128 cm³/mol. The maximum Gasteiger partial charge on any atom is 0.341 e. The molecule has 1 aliphatic carbocycles. The average Bonchev–Trinajstić information content (AvgIpc) is 2.84. The van der Waals surface area contributed by atoms with Gasteiger partial charge in [-0.1, -0.05) is 84.9 Å². The fourth-order valence-electron chi connectivity index (χ4n) is 4.07. The van der Waals surface area contributed by atoms with Crippen LogP contribution in [-0.2, 0) is 22.5 Å². The second-order valence-electron chi connectivity index (χ2n) is 8.00. The smallest absolute Gasteiger partial charge is 0.341 e. The molecule has 0 atom stereocenters. The number of aliphatic carboxylic acids is 1. The molecule has 0 saturated carbocycles. The van der Waals surface area contributed by atoms with Crippen molar-refractivity contribution < 1.29 is 19.5 Å². The van der Waals surface area contributed by atoms with Crippen molar-refractivity contribution in [3.05, 3.63) is 125 Å². The molecule has 0 bridgehead atoms. The van der Waals surface area contributed by atoms with Crippen LogP contribution in [0.25, 0.3) is 0 Å². The summed E-state index contributed by atoms with van der Waals surface area (Å²) in [6, 6.07) is 25.9. The van der Waals surface area contributed by atoms with Crippen LogP contribution in [0, 0.1) is 0 Å². The van der Waals surface area contributed by atoms with E-state index >= 15 is 0 Å². The van der Waals surface area contributed by atoms with E-state index in [9.17, 15) is 4.79 Å². The molecule has 33 heavy (non-hydrogen) atoms. The number of hydroxylamine groups is 1. The summed E-state index contributed by atoms with van der Waals surface area (Å²) in [6.45, 7) is 3.80. The summed E-state index contributed by atoms with van der Waals surface area (Å²) >= 11 is 0. The normalized spacial score (nSPS) is 14.0. The Labute approximate surface area is 193 Å². The van der Waals surface area contributed by atoms with E-state index in [0.717, 1.165) is 41.5 Å². The molecule has 3 aromatic carbocycles. The summed E-state index contributed by atoms with van der Waals surface area (Å²) in [6.07, 6.45) is 4.18. The van der Waals surface area contributed by atoms with Crippen LogP contribution in [0.1, 0.15) is 34.8 Å². The zero-order chi connectivity index (χ0) is 23.0. The lowest BCUT2D eigenvalue weighted by Gasteiger charge is -2.23. The quantitative estimate of drug-likeness (QED) is 0.436. The van der Waals surface area contributed by atoms with Gasteiger partial charge in [-0.3, -0.25) is 10.3 Å². The zero-order valence-corrected chi connectivity index (χ0v) is 18.4. The van der Waals surface area contributed by atoms with E-state index < -0.39 is 5.97 Å². The van der Waals surface area contributed by atoms with Crippen molar-refractivity contribution in [2.75, 3.05) is 6.61 Å². The number of carboxylic acid groups (broad SMARTS) is 1. The molecule has 0 aromatic heterocycles. The molecule has 0 fully saturated rings. The highest BCUT2D eigenvalue weighted by Gasteiger charge is 2.18. The Kier molecular flexibility index (Phi) is 7.22. The van der Waals surface area contributed by atoms with Crippen molar-refractivity contribution in [2.45, 2.75) is 25.4 Å². The van der Waals surface area contributed by atoms with E-state index in [1.807, 2.05) is 78.9 Å². The summed E-state index contributed by atoms with van der Waals surface area (Å²) < 4.78 is 5.46. The molecule has 0 heterocycles. The topological polar surface area (TPSA) is 67.8 Å². The maximum absolute atomic E-state index is 10.8. The lowest BCUT2D eigenvalue weighted by atomic mass is 9.87. The van der Waals surface area contributed by atoms with Gasteiger partial charge in [-0.15, -0.1) is 0 Å². The van der Waals surface area contributed by atoms with Gasteiger partial charge in [0.1, 0.15) is 11.9 Å². The van der Waals surface area contributed by atoms with Crippen molar-refractivity contribution in [1.29, 1.82) is 0 Å².